The molecule has 0 aliphatic carbocycles. The average Bonchev–Trinajstić information content (AvgIpc) is 2.77. The lowest BCUT2D eigenvalue weighted by Crippen LogP contribution is -2.25. The summed E-state index contributed by atoms with van der Waals surface area (Å²) in [5.74, 6) is 0.380. The summed E-state index contributed by atoms with van der Waals surface area (Å²) in [6.45, 7) is 2.25. The van der Waals surface area contributed by atoms with Crippen molar-refractivity contribution in [3.8, 4) is 0 Å². The van der Waals surface area contributed by atoms with E-state index in [9.17, 15) is 4.79 Å². The second-order valence-corrected chi connectivity index (χ2v) is 3.58. The van der Waals surface area contributed by atoms with E-state index in [-0.39, 0.29) is 5.91 Å². The zero-order valence-corrected chi connectivity index (χ0v) is 9.38. The first kappa shape index (κ1) is 11.3. The molecule has 0 fully saturated rings. The van der Waals surface area contributed by atoms with Gasteiger partial charge >= 0.3 is 0 Å². The van der Waals surface area contributed by atoms with E-state index < -0.39 is 0 Å². The predicted molar refractivity (Wildman–Crippen MR) is 59.3 cm³/mol. The Morgan fingerprint density at radius 3 is 2.82 bits per heavy atom. The largest absolute Gasteiger partial charge is 0.361 e. The van der Waals surface area contributed by atoms with Crippen LogP contribution in [-0.2, 0) is 6.42 Å². The van der Waals surface area contributed by atoms with Crippen molar-refractivity contribution in [2.45, 2.75) is 13.3 Å². The summed E-state index contributed by atoms with van der Waals surface area (Å²) in [5.41, 5.74) is 1.27. The SMILES string of the molecule is Cc1cc(C(=O)NCCc2cncnc2)no1. The highest BCUT2D eigenvalue weighted by Crippen LogP contribution is 2.01. The van der Waals surface area contributed by atoms with Crippen molar-refractivity contribution in [2.75, 3.05) is 6.54 Å². The van der Waals surface area contributed by atoms with Gasteiger partial charge in [0.15, 0.2) is 5.69 Å². The molecule has 0 bridgehead atoms. The van der Waals surface area contributed by atoms with E-state index in [0.29, 0.717) is 24.4 Å². The Labute approximate surface area is 98.1 Å². The minimum Gasteiger partial charge on any atom is -0.361 e. The van der Waals surface area contributed by atoms with Crippen molar-refractivity contribution in [3.63, 3.8) is 0 Å². The summed E-state index contributed by atoms with van der Waals surface area (Å²) in [6, 6.07) is 1.60. The molecule has 0 atom stereocenters. The van der Waals surface area contributed by atoms with E-state index in [1.807, 2.05) is 0 Å². The smallest absolute Gasteiger partial charge is 0.273 e. The van der Waals surface area contributed by atoms with Crippen LogP contribution in [0.1, 0.15) is 21.8 Å². The van der Waals surface area contributed by atoms with E-state index >= 15 is 0 Å². The monoisotopic (exact) mass is 232 g/mol. The molecular weight excluding hydrogens is 220 g/mol. The maximum Gasteiger partial charge on any atom is 0.273 e. The molecule has 17 heavy (non-hydrogen) atoms. The third kappa shape index (κ3) is 3.10. The van der Waals surface area contributed by atoms with Gasteiger partial charge in [-0.3, -0.25) is 4.79 Å². The van der Waals surface area contributed by atoms with Gasteiger partial charge in [-0.05, 0) is 18.9 Å². The lowest BCUT2D eigenvalue weighted by atomic mass is 10.2. The zero-order valence-electron chi connectivity index (χ0n) is 9.38. The van der Waals surface area contributed by atoms with Crippen molar-refractivity contribution in [2.24, 2.45) is 0 Å². The highest BCUT2D eigenvalue weighted by molar-refractivity contribution is 5.92. The van der Waals surface area contributed by atoms with Crippen molar-refractivity contribution >= 4 is 5.91 Å². The second kappa shape index (κ2) is 5.20. The van der Waals surface area contributed by atoms with E-state index in [4.69, 9.17) is 4.52 Å². The highest BCUT2D eigenvalue weighted by Gasteiger charge is 2.09. The van der Waals surface area contributed by atoms with Gasteiger partial charge in [0.1, 0.15) is 12.1 Å². The molecule has 1 N–H and O–H groups in total. The summed E-state index contributed by atoms with van der Waals surface area (Å²) in [7, 11) is 0. The van der Waals surface area contributed by atoms with Crippen molar-refractivity contribution in [3.05, 3.63) is 41.8 Å². The molecule has 0 saturated carbocycles. The van der Waals surface area contributed by atoms with Gasteiger partial charge in [0, 0.05) is 25.0 Å². The number of aryl methyl sites for hydroxylation is 1. The first-order chi connectivity index (χ1) is 8.25. The van der Waals surface area contributed by atoms with Crippen LogP contribution in [0.4, 0.5) is 0 Å². The zero-order chi connectivity index (χ0) is 12.1. The summed E-state index contributed by atoms with van der Waals surface area (Å²) >= 11 is 0. The number of hydrogen-bond donors (Lipinski definition) is 1. The number of hydrogen-bond acceptors (Lipinski definition) is 5. The molecule has 0 spiro atoms. The number of rotatable bonds is 4. The van der Waals surface area contributed by atoms with Crippen molar-refractivity contribution in [1.29, 1.82) is 0 Å². The Hall–Kier alpha value is -2.24. The summed E-state index contributed by atoms with van der Waals surface area (Å²) < 4.78 is 4.82. The number of carbonyl (C=O) groups excluding carboxylic acids is 1. The highest BCUT2D eigenvalue weighted by atomic mass is 16.5. The van der Waals surface area contributed by atoms with Crippen LogP contribution in [-0.4, -0.2) is 27.6 Å². The van der Waals surface area contributed by atoms with Gasteiger partial charge in [0.2, 0.25) is 0 Å². The van der Waals surface area contributed by atoms with E-state index in [0.717, 1.165) is 5.56 Å². The summed E-state index contributed by atoms with van der Waals surface area (Å²) in [6.07, 6.45) is 5.60. The van der Waals surface area contributed by atoms with Crippen molar-refractivity contribution in [1.82, 2.24) is 20.4 Å². The molecule has 2 aromatic rings. The first-order valence-electron chi connectivity index (χ1n) is 5.21. The third-order valence-electron chi connectivity index (χ3n) is 2.17. The number of carbonyl (C=O) groups is 1. The fourth-order valence-corrected chi connectivity index (χ4v) is 1.34. The molecule has 6 nitrogen and oxygen atoms in total. The van der Waals surface area contributed by atoms with Crippen LogP contribution in [0.15, 0.2) is 29.3 Å². The van der Waals surface area contributed by atoms with Crippen LogP contribution < -0.4 is 5.32 Å². The van der Waals surface area contributed by atoms with Gasteiger partial charge in [0.25, 0.3) is 5.91 Å². The Balaban J connectivity index is 1.81. The van der Waals surface area contributed by atoms with E-state index in [1.54, 1.807) is 25.4 Å². The number of nitrogens with zero attached hydrogens (tertiary/aromatic N) is 3. The van der Waals surface area contributed by atoms with Gasteiger partial charge in [-0.15, -0.1) is 0 Å². The molecule has 2 rings (SSSR count). The van der Waals surface area contributed by atoms with Gasteiger partial charge < -0.3 is 9.84 Å². The molecule has 88 valence electrons. The molecule has 0 aromatic carbocycles. The lowest BCUT2D eigenvalue weighted by molar-refractivity contribution is 0.0945. The molecule has 0 aliphatic rings. The Morgan fingerprint density at radius 2 is 2.18 bits per heavy atom. The average molecular weight is 232 g/mol. The molecule has 1 amide bonds. The van der Waals surface area contributed by atoms with E-state index in [2.05, 4.69) is 20.4 Å². The minimum absolute atomic E-state index is 0.237. The standard InChI is InChI=1S/C11H12N4O2/c1-8-4-10(15-17-8)11(16)14-3-2-9-5-12-7-13-6-9/h4-7H,2-3H2,1H3,(H,14,16). The van der Waals surface area contributed by atoms with Gasteiger partial charge in [-0.25, -0.2) is 9.97 Å². The van der Waals surface area contributed by atoms with Crippen LogP contribution in [0.5, 0.6) is 0 Å². The van der Waals surface area contributed by atoms with Gasteiger partial charge in [0.05, 0.1) is 0 Å². The predicted octanol–water partition coefficient (Wildman–Crippen LogP) is 0.746. The second-order valence-electron chi connectivity index (χ2n) is 3.58. The van der Waals surface area contributed by atoms with Crippen LogP contribution in [0.2, 0.25) is 0 Å². The number of amides is 1. The van der Waals surface area contributed by atoms with E-state index in [1.165, 1.54) is 6.33 Å². The normalized spacial score (nSPS) is 10.2. The maximum atomic E-state index is 11.6. The fraction of sp³-hybridized carbons (Fsp3) is 0.273. The summed E-state index contributed by atoms with van der Waals surface area (Å²) in [5, 5.41) is 6.37. The number of aromatic nitrogens is 3. The van der Waals surface area contributed by atoms with Crippen LogP contribution in [0.25, 0.3) is 0 Å². The molecule has 2 aromatic heterocycles. The maximum absolute atomic E-state index is 11.6. The number of nitrogens with one attached hydrogen (secondary N) is 1. The molecule has 0 saturated heterocycles. The van der Waals surface area contributed by atoms with Crippen LogP contribution in [0.3, 0.4) is 0 Å². The fourth-order valence-electron chi connectivity index (χ4n) is 1.34. The Bertz CT molecular complexity index is 495. The molecule has 0 radical (unpaired) electrons. The topological polar surface area (TPSA) is 80.9 Å². The molecule has 2 heterocycles. The van der Waals surface area contributed by atoms with Crippen LogP contribution >= 0.6 is 0 Å². The molecule has 0 unspecified atom stereocenters. The summed E-state index contributed by atoms with van der Waals surface area (Å²) in [4.78, 5) is 19.4. The Morgan fingerprint density at radius 1 is 1.41 bits per heavy atom. The van der Waals surface area contributed by atoms with Gasteiger partial charge in [-0.2, -0.15) is 0 Å². The third-order valence-corrected chi connectivity index (χ3v) is 2.17. The molecule has 6 heteroatoms. The quantitative estimate of drug-likeness (QED) is 0.841. The Kier molecular flexibility index (Phi) is 3.44. The van der Waals surface area contributed by atoms with Gasteiger partial charge in [-0.1, -0.05) is 5.16 Å². The van der Waals surface area contributed by atoms with Crippen LogP contribution in [0, 0.1) is 6.92 Å². The molecule has 0 aliphatic heterocycles. The first-order valence-corrected chi connectivity index (χ1v) is 5.21. The van der Waals surface area contributed by atoms with Crippen molar-refractivity contribution < 1.29 is 9.32 Å². The minimum atomic E-state index is -0.237. The molecular formula is C11H12N4O2. The lowest BCUT2D eigenvalue weighted by Gasteiger charge is -2.01.